The minimum absolute atomic E-state index is 0.0339. The first kappa shape index (κ1) is 14.0. The summed E-state index contributed by atoms with van der Waals surface area (Å²) < 4.78 is 26.6. The largest absolute Gasteiger partial charge is 0.309 e. The number of carbonyl (C=O) groups excluding carboxylic acids is 2. The molecule has 0 saturated heterocycles. The summed E-state index contributed by atoms with van der Waals surface area (Å²) in [6.07, 6.45) is 4.56. The van der Waals surface area contributed by atoms with Crippen molar-refractivity contribution in [3.63, 3.8) is 0 Å². The van der Waals surface area contributed by atoms with Gasteiger partial charge in [-0.15, -0.1) is 0 Å². The van der Waals surface area contributed by atoms with E-state index < -0.39 is 18.1 Å². The van der Waals surface area contributed by atoms with Gasteiger partial charge in [0.1, 0.15) is 5.78 Å². The molecule has 1 fully saturated rings. The Bertz CT molecular complexity index is 321. The summed E-state index contributed by atoms with van der Waals surface area (Å²) in [5, 5.41) is 0. The zero-order valence-electron chi connectivity index (χ0n) is 10.0. The van der Waals surface area contributed by atoms with E-state index in [1.165, 1.54) is 6.08 Å². The average Bonchev–Trinajstić information content (AvgIpc) is 2.69. The molecule has 1 atom stereocenters. The predicted octanol–water partition coefficient (Wildman–Crippen LogP) is 3.31. The van der Waals surface area contributed by atoms with Gasteiger partial charge in [-0.2, -0.15) is 8.78 Å². The van der Waals surface area contributed by atoms with Crippen molar-refractivity contribution in [2.24, 2.45) is 5.92 Å². The second-order valence-electron chi connectivity index (χ2n) is 4.57. The van der Waals surface area contributed by atoms with E-state index in [9.17, 15) is 18.4 Å². The van der Waals surface area contributed by atoms with Crippen LogP contribution in [0.2, 0.25) is 0 Å². The van der Waals surface area contributed by atoms with Gasteiger partial charge >= 0.3 is 5.92 Å². The zero-order valence-corrected chi connectivity index (χ0v) is 10.0. The molecule has 1 saturated carbocycles. The molecule has 0 heterocycles. The summed E-state index contributed by atoms with van der Waals surface area (Å²) in [4.78, 5) is 22.3. The predicted molar refractivity (Wildman–Crippen MR) is 61.0 cm³/mol. The first-order valence-electron chi connectivity index (χ1n) is 6.08. The van der Waals surface area contributed by atoms with Crippen molar-refractivity contribution in [2.45, 2.75) is 51.4 Å². The number of Topliss-reactive ketones (excluding diaryl/α,β-unsaturated/α-hetero) is 1. The summed E-state index contributed by atoms with van der Waals surface area (Å²) in [5.74, 6) is -4.28. The number of hydrogen-bond acceptors (Lipinski definition) is 2. The molecule has 0 aromatic carbocycles. The maximum Gasteiger partial charge on any atom is 0.309 e. The highest BCUT2D eigenvalue weighted by Gasteiger charge is 2.35. The minimum atomic E-state index is -3.25. The van der Waals surface area contributed by atoms with E-state index in [-0.39, 0.29) is 11.7 Å². The Morgan fingerprint density at radius 2 is 2.24 bits per heavy atom. The van der Waals surface area contributed by atoms with E-state index in [1.807, 2.05) is 0 Å². The lowest BCUT2D eigenvalue weighted by Gasteiger charge is -2.12. The molecule has 4 heteroatoms. The van der Waals surface area contributed by atoms with Crippen LogP contribution < -0.4 is 0 Å². The number of carbonyl (C=O) groups is 2. The topological polar surface area (TPSA) is 34.1 Å². The van der Waals surface area contributed by atoms with Crippen molar-refractivity contribution in [2.75, 3.05) is 0 Å². The van der Waals surface area contributed by atoms with E-state index in [1.54, 1.807) is 6.92 Å². The van der Waals surface area contributed by atoms with Gasteiger partial charge < -0.3 is 0 Å². The van der Waals surface area contributed by atoms with Crippen molar-refractivity contribution in [1.82, 2.24) is 0 Å². The van der Waals surface area contributed by atoms with Crippen LogP contribution in [0.15, 0.2) is 12.2 Å². The maximum absolute atomic E-state index is 13.3. The Morgan fingerprint density at radius 3 is 2.76 bits per heavy atom. The van der Waals surface area contributed by atoms with Gasteiger partial charge in [0.05, 0.1) is 0 Å². The molecule has 1 rings (SSSR count). The molecule has 0 N–H and O–H groups in total. The quantitative estimate of drug-likeness (QED) is 0.672. The van der Waals surface area contributed by atoms with Crippen LogP contribution in [-0.2, 0) is 9.59 Å². The molecular weight excluding hydrogens is 226 g/mol. The van der Waals surface area contributed by atoms with Gasteiger partial charge in [-0.1, -0.05) is 19.4 Å². The van der Waals surface area contributed by atoms with Crippen LogP contribution in [-0.4, -0.2) is 17.5 Å². The van der Waals surface area contributed by atoms with E-state index in [0.29, 0.717) is 32.1 Å². The van der Waals surface area contributed by atoms with Gasteiger partial charge in [0.2, 0.25) is 5.78 Å². The molecule has 0 spiro atoms. The molecule has 0 aliphatic heterocycles. The molecule has 96 valence electrons. The minimum Gasteiger partial charge on any atom is -0.300 e. The molecule has 0 aromatic rings. The molecule has 0 unspecified atom stereocenters. The number of allylic oxidation sites excluding steroid dienone is 2. The summed E-state index contributed by atoms with van der Waals surface area (Å²) in [6.45, 7) is 1.81. The van der Waals surface area contributed by atoms with Gasteiger partial charge in [0, 0.05) is 19.3 Å². The van der Waals surface area contributed by atoms with Crippen molar-refractivity contribution in [3.05, 3.63) is 12.2 Å². The molecule has 0 amide bonds. The Kier molecular flexibility index (Phi) is 4.97. The number of hydrogen-bond donors (Lipinski definition) is 0. The number of halogens is 2. The third-order valence-electron chi connectivity index (χ3n) is 3.01. The van der Waals surface area contributed by atoms with Crippen LogP contribution in [0.1, 0.15) is 45.4 Å². The lowest BCUT2D eigenvalue weighted by molar-refractivity contribution is -0.138. The fourth-order valence-electron chi connectivity index (χ4n) is 1.87. The third-order valence-corrected chi connectivity index (χ3v) is 3.01. The second kappa shape index (κ2) is 6.03. The van der Waals surface area contributed by atoms with E-state index in [0.717, 1.165) is 6.08 Å². The Labute approximate surface area is 100 Å². The highest BCUT2D eigenvalue weighted by atomic mass is 19.3. The molecule has 1 aliphatic carbocycles. The Balaban J connectivity index is 2.47. The number of rotatable bonds is 6. The van der Waals surface area contributed by atoms with Gasteiger partial charge in [0.25, 0.3) is 0 Å². The summed E-state index contributed by atoms with van der Waals surface area (Å²) in [6, 6.07) is 0. The van der Waals surface area contributed by atoms with Crippen LogP contribution >= 0.6 is 0 Å². The molecule has 0 bridgehead atoms. The highest BCUT2D eigenvalue weighted by molar-refractivity contribution is 5.95. The summed E-state index contributed by atoms with van der Waals surface area (Å²) in [7, 11) is 0. The van der Waals surface area contributed by atoms with Crippen molar-refractivity contribution >= 4 is 11.6 Å². The molecule has 17 heavy (non-hydrogen) atoms. The monoisotopic (exact) mass is 244 g/mol. The molecule has 0 aromatic heterocycles. The normalized spacial score (nSPS) is 21.4. The maximum atomic E-state index is 13.3. The number of unbranched alkanes of at least 4 members (excludes halogenated alkanes) is 1. The van der Waals surface area contributed by atoms with Crippen molar-refractivity contribution < 1.29 is 18.4 Å². The van der Waals surface area contributed by atoms with Crippen LogP contribution in [0.4, 0.5) is 8.78 Å². The van der Waals surface area contributed by atoms with Crippen molar-refractivity contribution in [3.8, 4) is 0 Å². The fraction of sp³-hybridized carbons (Fsp3) is 0.692. The van der Waals surface area contributed by atoms with Gasteiger partial charge in [-0.3, -0.25) is 9.59 Å². The number of ketones is 2. The molecule has 0 radical (unpaired) electrons. The summed E-state index contributed by atoms with van der Waals surface area (Å²) >= 11 is 0. The van der Waals surface area contributed by atoms with Gasteiger partial charge in [0.15, 0.2) is 0 Å². The molecule has 1 aliphatic rings. The van der Waals surface area contributed by atoms with Gasteiger partial charge in [-0.05, 0) is 24.8 Å². The fourth-order valence-corrected chi connectivity index (χ4v) is 1.87. The Hall–Kier alpha value is -1.06. The van der Waals surface area contributed by atoms with Crippen LogP contribution in [0.3, 0.4) is 0 Å². The van der Waals surface area contributed by atoms with Gasteiger partial charge in [-0.25, -0.2) is 0 Å². The lowest BCUT2D eigenvalue weighted by Crippen LogP contribution is -2.26. The van der Waals surface area contributed by atoms with E-state index in [4.69, 9.17) is 0 Å². The number of alkyl halides is 2. The zero-order chi connectivity index (χ0) is 12.9. The molecular formula is C13H18F2O2. The van der Waals surface area contributed by atoms with Crippen LogP contribution in [0.5, 0.6) is 0 Å². The summed E-state index contributed by atoms with van der Waals surface area (Å²) in [5.41, 5.74) is 0. The van der Waals surface area contributed by atoms with E-state index >= 15 is 0 Å². The van der Waals surface area contributed by atoms with Crippen LogP contribution in [0.25, 0.3) is 0 Å². The first-order valence-corrected chi connectivity index (χ1v) is 6.08. The first-order chi connectivity index (χ1) is 7.95. The lowest BCUT2D eigenvalue weighted by atomic mass is 10.0. The second-order valence-corrected chi connectivity index (χ2v) is 4.57. The van der Waals surface area contributed by atoms with Crippen LogP contribution in [0, 0.1) is 5.92 Å². The standard InChI is InChI=1S/C13H18F2O2/c1-2-3-8-13(14,15)12(17)7-5-10-4-6-11(16)9-10/h5,7,10H,2-4,6,8-9H2,1H3/b7-5+/t10-/m1/s1. The Morgan fingerprint density at radius 1 is 1.53 bits per heavy atom. The third kappa shape index (κ3) is 4.36. The van der Waals surface area contributed by atoms with E-state index in [2.05, 4.69) is 0 Å². The smallest absolute Gasteiger partial charge is 0.300 e. The SMILES string of the molecule is CCCCC(F)(F)C(=O)/C=C/[C@H]1CCC(=O)C1. The highest BCUT2D eigenvalue weighted by Crippen LogP contribution is 2.26. The molecule has 2 nitrogen and oxygen atoms in total. The van der Waals surface area contributed by atoms with Crippen molar-refractivity contribution in [1.29, 1.82) is 0 Å². The average molecular weight is 244 g/mol.